The molecule has 200 valence electrons. The van der Waals surface area contributed by atoms with E-state index in [9.17, 15) is 20.3 Å². The van der Waals surface area contributed by atoms with Crippen LogP contribution in [0, 0.1) is 39.9 Å². The van der Waals surface area contributed by atoms with Crippen molar-refractivity contribution in [3.8, 4) is 17.2 Å². The largest absolute Gasteiger partial charge is 0.392 e. The van der Waals surface area contributed by atoms with Gasteiger partial charge in [-0.2, -0.15) is 5.26 Å². The zero-order valence-electron chi connectivity index (χ0n) is 22.7. The highest BCUT2D eigenvalue weighted by Crippen LogP contribution is 2.70. The Morgan fingerprint density at radius 2 is 1.82 bits per heavy atom. The SMILES string of the molecule is C[C@]12CC[C@H]3[C@@H](CCC4=C5C(=O)CC[C@@]43Cc3cccc(-c4ccc(C#N)cc4)c35)[C@@H]1CC[C@@]2(O)/C=C\CO. The molecule has 4 heteroatoms. The van der Waals surface area contributed by atoms with Crippen LogP contribution in [-0.2, 0) is 11.2 Å². The fourth-order valence-corrected chi connectivity index (χ4v) is 10.0. The van der Waals surface area contributed by atoms with Gasteiger partial charge in [-0.25, -0.2) is 0 Å². The van der Waals surface area contributed by atoms with E-state index in [4.69, 9.17) is 0 Å². The first-order chi connectivity index (χ1) is 18.8. The Morgan fingerprint density at radius 1 is 1.03 bits per heavy atom. The van der Waals surface area contributed by atoms with Crippen LogP contribution in [0.1, 0.15) is 75.0 Å². The number of Topliss-reactive ketones (excluding diaryl/α,β-unsaturated/α-hetero) is 1. The van der Waals surface area contributed by atoms with Crippen LogP contribution in [-0.4, -0.2) is 28.2 Å². The molecule has 0 spiro atoms. The summed E-state index contributed by atoms with van der Waals surface area (Å²) in [5.41, 5.74) is 6.72. The number of fused-ring (bicyclic) bond motifs is 5. The van der Waals surface area contributed by atoms with Gasteiger partial charge in [0.2, 0.25) is 0 Å². The van der Waals surface area contributed by atoms with Crippen LogP contribution in [0.3, 0.4) is 0 Å². The molecule has 0 radical (unpaired) electrons. The predicted molar refractivity (Wildman–Crippen MR) is 151 cm³/mol. The molecule has 5 aliphatic carbocycles. The molecular weight excluding hydrogens is 482 g/mol. The first kappa shape index (κ1) is 25.0. The first-order valence-corrected chi connectivity index (χ1v) is 14.8. The average molecular weight is 520 g/mol. The maximum Gasteiger partial charge on any atom is 0.163 e. The number of hydrogen-bond acceptors (Lipinski definition) is 4. The summed E-state index contributed by atoms with van der Waals surface area (Å²) in [6, 6.07) is 16.5. The van der Waals surface area contributed by atoms with Crippen LogP contribution in [0.15, 0.2) is 60.2 Å². The van der Waals surface area contributed by atoms with E-state index < -0.39 is 5.60 Å². The second-order valence-corrected chi connectivity index (χ2v) is 13.1. The van der Waals surface area contributed by atoms with Gasteiger partial charge in [-0.3, -0.25) is 4.79 Å². The standard InChI is InChI=1S/C35H37NO3/c1-33-16-12-28-26(27(33)13-18-35(33,39)15-3-19-37)10-11-29-32-30(38)14-17-34(28,29)20-24-4-2-5-25(31(24)32)23-8-6-22(21-36)7-9-23/h2-9,15,26-28,37,39H,10-14,16-20H2,1H3/b15-3-/t26-,27-,28-,33-,34-,35-/m0/s1. The van der Waals surface area contributed by atoms with Crippen molar-refractivity contribution < 1.29 is 15.0 Å². The molecule has 4 nitrogen and oxygen atoms in total. The third kappa shape index (κ3) is 3.33. The quantitative estimate of drug-likeness (QED) is 0.460. The number of hydrogen-bond donors (Lipinski definition) is 2. The molecule has 5 aliphatic rings. The van der Waals surface area contributed by atoms with Gasteiger partial charge in [0.15, 0.2) is 5.78 Å². The number of benzene rings is 2. The van der Waals surface area contributed by atoms with E-state index in [1.165, 1.54) is 11.1 Å². The molecule has 2 aromatic carbocycles. The molecule has 3 fully saturated rings. The Morgan fingerprint density at radius 3 is 2.59 bits per heavy atom. The van der Waals surface area contributed by atoms with E-state index in [0.29, 0.717) is 35.5 Å². The minimum Gasteiger partial charge on any atom is -0.392 e. The van der Waals surface area contributed by atoms with Crippen LogP contribution in [0.5, 0.6) is 0 Å². The molecule has 0 aliphatic heterocycles. The summed E-state index contributed by atoms with van der Waals surface area (Å²) in [5, 5.41) is 30.4. The summed E-state index contributed by atoms with van der Waals surface area (Å²) in [6.45, 7) is 2.26. The summed E-state index contributed by atoms with van der Waals surface area (Å²) in [7, 11) is 0. The number of ketones is 1. The Kier molecular flexibility index (Phi) is 5.61. The number of carbonyl (C=O) groups excluding carboxylic acids is 1. The van der Waals surface area contributed by atoms with Gasteiger partial charge in [-0.15, -0.1) is 0 Å². The zero-order chi connectivity index (χ0) is 27.0. The highest BCUT2D eigenvalue weighted by Gasteiger charge is 2.65. The lowest BCUT2D eigenvalue weighted by atomic mass is 9.43. The van der Waals surface area contributed by atoms with Crippen molar-refractivity contribution in [2.75, 3.05) is 6.61 Å². The van der Waals surface area contributed by atoms with Crippen molar-refractivity contribution in [2.45, 2.75) is 70.3 Å². The molecule has 2 bridgehead atoms. The van der Waals surface area contributed by atoms with Gasteiger partial charge in [0.1, 0.15) is 0 Å². The molecule has 0 unspecified atom stereocenters. The number of nitrogens with zero attached hydrogens (tertiary/aromatic N) is 1. The Labute approximate surface area is 231 Å². The molecule has 7 rings (SSSR count). The predicted octanol–water partition coefficient (Wildman–Crippen LogP) is 6.40. The van der Waals surface area contributed by atoms with E-state index >= 15 is 0 Å². The molecule has 2 N–H and O–H groups in total. The smallest absolute Gasteiger partial charge is 0.163 e. The van der Waals surface area contributed by atoms with Crippen LogP contribution in [0.4, 0.5) is 0 Å². The second-order valence-electron chi connectivity index (χ2n) is 13.1. The molecule has 0 aromatic heterocycles. The summed E-state index contributed by atoms with van der Waals surface area (Å²) in [6.07, 6.45) is 12.1. The number of aliphatic hydroxyl groups excluding tert-OH is 1. The van der Waals surface area contributed by atoms with Gasteiger partial charge in [0.05, 0.1) is 23.8 Å². The van der Waals surface area contributed by atoms with Gasteiger partial charge in [-0.1, -0.05) is 55.0 Å². The van der Waals surface area contributed by atoms with Crippen molar-refractivity contribution >= 4 is 11.4 Å². The van der Waals surface area contributed by atoms with Gasteiger partial charge < -0.3 is 10.2 Å². The number of aliphatic hydroxyl groups is 2. The monoisotopic (exact) mass is 519 g/mol. The maximum atomic E-state index is 13.7. The van der Waals surface area contributed by atoms with Crippen LogP contribution in [0.25, 0.3) is 16.7 Å². The normalized spacial score (nSPS) is 36.7. The van der Waals surface area contributed by atoms with E-state index in [1.807, 2.05) is 30.3 Å². The third-order valence-electron chi connectivity index (χ3n) is 11.8. The van der Waals surface area contributed by atoms with Crippen molar-refractivity contribution in [3.05, 3.63) is 76.9 Å². The van der Waals surface area contributed by atoms with Crippen LogP contribution >= 0.6 is 0 Å². The maximum absolute atomic E-state index is 13.7. The number of rotatable bonds is 3. The Balaban J connectivity index is 1.32. The van der Waals surface area contributed by atoms with Crippen molar-refractivity contribution in [3.63, 3.8) is 0 Å². The lowest BCUT2D eigenvalue weighted by Gasteiger charge is -2.61. The lowest BCUT2D eigenvalue weighted by Crippen LogP contribution is -2.56. The molecule has 6 atom stereocenters. The highest BCUT2D eigenvalue weighted by molar-refractivity contribution is 6.25. The van der Waals surface area contributed by atoms with Crippen molar-refractivity contribution in [1.82, 2.24) is 0 Å². The van der Waals surface area contributed by atoms with Gasteiger partial charge in [0, 0.05) is 17.4 Å². The van der Waals surface area contributed by atoms with Crippen molar-refractivity contribution in [1.29, 1.82) is 5.26 Å². The molecule has 0 heterocycles. The minimum absolute atomic E-state index is 0.0347. The Hall–Kier alpha value is -3.00. The fraction of sp³-hybridized carbons (Fsp3) is 0.486. The molecular formula is C35H37NO3. The van der Waals surface area contributed by atoms with E-state index in [1.54, 1.807) is 6.08 Å². The van der Waals surface area contributed by atoms with Gasteiger partial charge in [0.25, 0.3) is 0 Å². The topological polar surface area (TPSA) is 81.3 Å². The minimum atomic E-state index is -0.845. The van der Waals surface area contributed by atoms with E-state index in [0.717, 1.165) is 73.6 Å². The Bertz CT molecular complexity index is 1460. The number of nitriles is 1. The van der Waals surface area contributed by atoms with E-state index in [2.05, 4.69) is 31.2 Å². The first-order valence-electron chi connectivity index (χ1n) is 14.8. The number of carbonyl (C=O) groups is 1. The molecule has 0 saturated heterocycles. The van der Waals surface area contributed by atoms with Gasteiger partial charge >= 0.3 is 0 Å². The fourth-order valence-electron chi connectivity index (χ4n) is 10.0. The molecule has 2 aromatic rings. The summed E-state index contributed by atoms with van der Waals surface area (Å²) in [4.78, 5) is 13.7. The molecule has 39 heavy (non-hydrogen) atoms. The van der Waals surface area contributed by atoms with Gasteiger partial charge in [-0.05, 0) is 109 Å². The average Bonchev–Trinajstić information content (AvgIpc) is 3.23. The summed E-state index contributed by atoms with van der Waals surface area (Å²) >= 11 is 0. The van der Waals surface area contributed by atoms with Crippen molar-refractivity contribution in [2.24, 2.45) is 28.6 Å². The lowest BCUT2D eigenvalue weighted by molar-refractivity contribution is -0.120. The number of allylic oxidation sites excluding steroid dienone is 1. The summed E-state index contributed by atoms with van der Waals surface area (Å²) in [5.74, 6) is 1.86. The third-order valence-corrected chi connectivity index (χ3v) is 11.8. The van der Waals surface area contributed by atoms with Crippen LogP contribution in [0.2, 0.25) is 0 Å². The summed E-state index contributed by atoms with van der Waals surface area (Å²) < 4.78 is 0. The molecule has 0 amide bonds. The molecule has 3 saturated carbocycles. The second kappa shape index (κ2) is 8.75. The van der Waals surface area contributed by atoms with E-state index in [-0.39, 0.29) is 17.4 Å². The zero-order valence-corrected chi connectivity index (χ0v) is 22.7. The highest BCUT2D eigenvalue weighted by atomic mass is 16.3. The van der Waals surface area contributed by atoms with Crippen LogP contribution < -0.4 is 0 Å².